The van der Waals surface area contributed by atoms with Crippen molar-refractivity contribution in [3.8, 4) is 0 Å². The van der Waals surface area contributed by atoms with Crippen molar-refractivity contribution in [3.05, 3.63) is 58.6 Å². The standard InChI is InChI=1S/C19H24N4O4S/c1-3-22(16-7-5-4-6-8-16)28(26,27)17-9-10-18(19(15-17)23(24)25)21-13-11-20(2)12-14-21/h4-10,15H,3,11-14H2,1-2H3. The van der Waals surface area contributed by atoms with E-state index in [1.165, 1.54) is 16.4 Å². The third-order valence-electron chi connectivity index (χ3n) is 4.91. The molecule has 2 aromatic carbocycles. The van der Waals surface area contributed by atoms with Crippen LogP contribution in [0.1, 0.15) is 6.92 Å². The smallest absolute Gasteiger partial charge is 0.293 e. The molecule has 0 amide bonds. The fraction of sp³-hybridized carbons (Fsp3) is 0.368. The molecule has 0 saturated carbocycles. The van der Waals surface area contributed by atoms with Crippen LogP contribution in [0.4, 0.5) is 17.1 Å². The molecule has 0 N–H and O–H groups in total. The molecule has 1 fully saturated rings. The lowest BCUT2D eigenvalue weighted by molar-refractivity contribution is -0.384. The highest BCUT2D eigenvalue weighted by Crippen LogP contribution is 2.33. The molecule has 9 heteroatoms. The zero-order chi connectivity index (χ0) is 20.3. The quantitative estimate of drug-likeness (QED) is 0.543. The van der Waals surface area contributed by atoms with Gasteiger partial charge in [-0.05, 0) is 38.2 Å². The van der Waals surface area contributed by atoms with Gasteiger partial charge in [0.05, 0.1) is 15.5 Å². The van der Waals surface area contributed by atoms with Gasteiger partial charge in [-0.25, -0.2) is 8.42 Å². The third kappa shape index (κ3) is 3.95. The van der Waals surface area contributed by atoms with Crippen LogP contribution in [0.15, 0.2) is 53.4 Å². The van der Waals surface area contributed by atoms with E-state index in [1.807, 2.05) is 11.9 Å². The Bertz CT molecular complexity index is 942. The number of piperazine rings is 1. The zero-order valence-electron chi connectivity index (χ0n) is 16.0. The molecule has 0 spiro atoms. The SMILES string of the molecule is CCN(c1ccccc1)S(=O)(=O)c1ccc(N2CCN(C)CC2)c([N+](=O)[O-])c1. The minimum absolute atomic E-state index is 0.0808. The van der Waals surface area contributed by atoms with Crippen LogP contribution < -0.4 is 9.21 Å². The molecule has 0 radical (unpaired) electrons. The number of para-hydroxylation sites is 1. The number of sulfonamides is 1. The van der Waals surface area contributed by atoms with Crippen molar-refractivity contribution in [1.29, 1.82) is 0 Å². The number of nitro groups is 1. The molecule has 3 rings (SSSR count). The van der Waals surface area contributed by atoms with Crippen LogP contribution in [-0.2, 0) is 10.0 Å². The van der Waals surface area contributed by atoms with Crippen molar-refractivity contribution in [3.63, 3.8) is 0 Å². The molecule has 8 nitrogen and oxygen atoms in total. The summed E-state index contributed by atoms with van der Waals surface area (Å²) in [6.45, 7) is 4.88. The van der Waals surface area contributed by atoms with Gasteiger partial charge in [-0.15, -0.1) is 0 Å². The number of nitro benzene ring substituents is 1. The largest absolute Gasteiger partial charge is 0.363 e. The second-order valence-corrected chi connectivity index (χ2v) is 8.57. The van der Waals surface area contributed by atoms with Crippen LogP contribution in [0.2, 0.25) is 0 Å². The molecule has 0 bridgehead atoms. The maximum absolute atomic E-state index is 13.2. The van der Waals surface area contributed by atoms with Crippen molar-refractivity contribution in [2.24, 2.45) is 0 Å². The van der Waals surface area contributed by atoms with Crippen LogP contribution in [0.5, 0.6) is 0 Å². The molecule has 1 aliphatic rings. The molecular weight excluding hydrogens is 380 g/mol. The van der Waals surface area contributed by atoms with Crippen LogP contribution in [0, 0.1) is 10.1 Å². The Kier molecular flexibility index (Phi) is 5.85. The summed E-state index contributed by atoms with van der Waals surface area (Å²) in [5, 5.41) is 11.7. The Morgan fingerprint density at radius 1 is 1.07 bits per heavy atom. The molecule has 0 atom stereocenters. The predicted octanol–water partition coefficient (Wildman–Crippen LogP) is 2.56. The molecule has 150 valence electrons. The summed E-state index contributed by atoms with van der Waals surface area (Å²) >= 11 is 0. The van der Waals surface area contributed by atoms with Crippen LogP contribution >= 0.6 is 0 Å². The predicted molar refractivity (Wildman–Crippen MR) is 109 cm³/mol. The van der Waals surface area contributed by atoms with Gasteiger partial charge < -0.3 is 9.80 Å². The highest BCUT2D eigenvalue weighted by molar-refractivity contribution is 7.92. The van der Waals surface area contributed by atoms with Crippen LogP contribution in [0.25, 0.3) is 0 Å². The Morgan fingerprint density at radius 2 is 1.71 bits per heavy atom. The molecule has 1 saturated heterocycles. The molecule has 1 heterocycles. The van der Waals surface area contributed by atoms with Gasteiger partial charge in [-0.2, -0.15) is 0 Å². The average Bonchev–Trinajstić information content (AvgIpc) is 2.69. The van der Waals surface area contributed by atoms with Crippen molar-refractivity contribution >= 4 is 27.1 Å². The Balaban J connectivity index is 2.00. The van der Waals surface area contributed by atoms with E-state index in [0.29, 0.717) is 24.5 Å². The number of likely N-dealkylation sites (N-methyl/N-ethyl adjacent to an activating group) is 1. The number of anilines is 2. The van der Waals surface area contributed by atoms with E-state index in [2.05, 4.69) is 4.90 Å². The zero-order valence-corrected chi connectivity index (χ0v) is 16.8. The highest BCUT2D eigenvalue weighted by atomic mass is 32.2. The highest BCUT2D eigenvalue weighted by Gasteiger charge is 2.29. The first-order valence-corrected chi connectivity index (χ1v) is 10.6. The van der Waals surface area contributed by atoms with Crippen molar-refractivity contribution in [1.82, 2.24) is 4.90 Å². The summed E-state index contributed by atoms with van der Waals surface area (Å²) in [6, 6.07) is 12.9. The first-order chi connectivity index (χ1) is 13.3. The Hall–Kier alpha value is -2.65. The van der Waals surface area contributed by atoms with Gasteiger partial charge in [0.2, 0.25) is 0 Å². The fourth-order valence-electron chi connectivity index (χ4n) is 3.34. The van der Waals surface area contributed by atoms with E-state index in [1.54, 1.807) is 43.3 Å². The van der Waals surface area contributed by atoms with E-state index in [4.69, 9.17) is 0 Å². The van der Waals surface area contributed by atoms with Crippen molar-refractivity contribution < 1.29 is 13.3 Å². The van der Waals surface area contributed by atoms with E-state index < -0.39 is 14.9 Å². The molecule has 0 aliphatic carbocycles. The summed E-state index contributed by atoms with van der Waals surface area (Å²) < 4.78 is 27.6. The summed E-state index contributed by atoms with van der Waals surface area (Å²) in [5.41, 5.74) is 0.797. The van der Waals surface area contributed by atoms with E-state index in [9.17, 15) is 18.5 Å². The van der Waals surface area contributed by atoms with Crippen LogP contribution in [-0.4, -0.2) is 58.0 Å². The number of benzene rings is 2. The monoisotopic (exact) mass is 404 g/mol. The number of hydrogen-bond donors (Lipinski definition) is 0. The molecule has 1 aliphatic heterocycles. The van der Waals surface area contributed by atoms with Gasteiger partial charge in [0.15, 0.2) is 0 Å². The van der Waals surface area contributed by atoms with Gasteiger partial charge in [-0.1, -0.05) is 18.2 Å². The minimum atomic E-state index is -3.91. The summed E-state index contributed by atoms with van der Waals surface area (Å²) in [6.07, 6.45) is 0. The third-order valence-corrected chi connectivity index (χ3v) is 6.81. The van der Waals surface area contributed by atoms with E-state index in [-0.39, 0.29) is 17.1 Å². The normalized spacial score (nSPS) is 15.4. The number of nitrogens with zero attached hydrogens (tertiary/aromatic N) is 4. The molecule has 0 aromatic heterocycles. The van der Waals surface area contributed by atoms with Gasteiger partial charge in [0, 0.05) is 38.8 Å². The maximum Gasteiger partial charge on any atom is 0.293 e. The minimum Gasteiger partial charge on any atom is -0.363 e. The molecule has 28 heavy (non-hydrogen) atoms. The second kappa shape index (κ2) is 8.15. The topological polar surface area (TPSA) is 87.0 Å². The van der Waals surface area contributed by atoms with Gasteiger partial charge in [0.1, 0.15) is 5.69 Å². The summed E-state index contributed by atoms with van der Waals surface area (Å²) in [7, 11) is -1.91. The lowest BCUT2D eigenvalue weighted by Crippen LogP contribution is -2.44. The molecule has 0 unspecified atom stereocenters. The lowest BCUT2D eigenvalue weighted by atomic mass is 10.2. The van der Waals surface area contributed by atoms with E-state index >= 15 is 0 Å². The molecular formula is C19H24N4O4S. The first kappa shape index (κ1) is 20.1. The van der Waals surface area contributed by atoms with Crippen LogP contribution in [0.3, 0.4) is 0 Å². The number of hydrogen-bond acceptors (Lipinski definition) is 6. The van der Waals surface area contributed by atoms with Crippen molar-refractivity contribution in [2.45, 2.75) is 11.8 Å². The van der Waals surface area contributed by atoms with Crippen molar-refractivity contribution in [2.75, 3.05) is 49.0 Å². The van der Waals surface area contributed by atoms with E-state index in [0.717, 1.165) is 13.1 Å². The average molecular weight is 404 g/mol. The Labute approximate surface area is 165 Å². The fourth-order valence-corrected chi connectivity index (χ4v) is 4.83. The Morgan fingerprint density at radius 3 is 2.29 bits per heavy atom. The second-order valence-electron chi connectivity index (χ2n) is 6.70. The maximum atomic E-state index is 13.2. The van der Waals surface area contributed by atoms with Gasteiger partial charge >= 0.3 is 0 Å². The number of rotatable bonds is 6. The molecule has 2 aromatic rings. The summed E-state index contributed by atoms with van der Waals surface area (Å²) in [5.74, 6) is 0. The first-order valence-electron chi connectivity index (χ1n) is 9.14. The van der Waals surface area contributed by atoms with Gasteiger partial charge in [-0.3, -0.25) is 14.4 Å². The lowest BCUT2D eigenvalue weighted by Gasteiger charge is -2.33. The summed E-state index contributed by atoms with van der Waals surface area (Å²) in [4.78, 5) is 15.2. The van der Waals surface area contributed by atoms with Gasteiger partial charge in [0.25, 0.3) is 15.7 Å².